The van der Waals surface area contributed by atoms with Crippen molar-refractivity contribution in [2.75, 3.05) is 0 Å². The van der Waals surface area contributed by atoms with Crippen LogP contribution in [0.3, 0.4) is 0 Å². The molecule has 2 atom stereocenters. The van der Waals surface area contributed by atoms with Crippen LogP contribution < -0.4 is 0 Å². The van der Waals surface area contributed by atoms with E-state index in [9.17, 15) is 4.79 Å². The van der Waals surface area contributed by atoms with E-state index in [1.54, 1.807) is 0 Å². The zero-order valence-corrected chi connectivity index (χ0v) is 10.1. The minimum absolute atomic E-state index is 0.139. The summed E-state index contributed by atoms with van der Waals surface area (Å²) in [5, 5.41) is 0. The molecule has 82 valence electrons. The molecule has 0 heterocycles. The summed E-state index contributed by atoms with van der Waals surface area (Å²) in [7, 11) is 0. The second-order valence-corrected chi connectivity index (χ2v) is 5.75. The average molecular weight is 196 g/mol. The highest BCUT2D eigenvalue weighted by Crippen LogP contribution is 2.35. The minimum Gasteiger partial charge on any atom is -0.299 e. The molecule has 2 unspecified atom stereocenters. The molecule has 0 aromatic heterocycles. The van der Waals surface area contributed by atoms with E-state index in [1.165, 1.54) is 19.3 Å². The number of Topliss-reactive ketones (excluding diaryl/α,β-unsaturated/α-hetero) is 1. The number of carbonyl (C=O) groups is 1. The first kappa shape index (κ1) is 11.7. The van der Waals surface area contributed by atoms with Crippen LogP contribution in [0.5, 0.6) is 0 Å². The summed E-state index contributed by atoms with van der Waals surface area (Å²) < 4.78 is 0. The highest BCUT2D eigenvalue weighted by molar-refractivity contribution is 5.86. The molecule has 0 spiro atoms. The van der Waals surface area contributed by atoms with Crippen molar-refractivity contribution in [2.45, 2.75) is 59.8 Å². The first-order valence-corrected chi connectivity index (χ1v) is 5.99. The SMILES string of the molecule is CCC1CCCC(C(=O)C(C)(C)C)C1. The Balaban J connectivity index is 2.56. The Morgan fingerprint density at radius 2 is 1.93 bits per heavy atom. The normalized spacial score (nSPS) is 28.9. The van der Waals surface area contributed by atoms with Gasteiger partial charge in [-0.3, -0.25) is 4.79 Å². The molecule has 1 saturated carbocycles. The minimum atomic E-state index is -0.139. The van der Waals surface area contributed by atoms with E-state index in [1.807, 2.05) is 20.8 Å². The van der Waals surface area contributed by atoms with E-state index >= 15 is 0 Å². The van der Waals surface area contributed by atoms with E-state index in [0.717, 1.165) is 18.8 Å². The number of hydrogen-bond acceptors (Lipinski definition) is 1. The third kappa shape index (κ3) is 2.83. The van der Waals surface area contributed by atoms with Gasteiger partial charge in [-0.25, -0.2) is 0 Å². The second-order valence-electron chi connectivity index (χ2n) is 5.75. The largest absolute Gasteiger partial charge is 0.299 e. The fourth-order valence-electron chi connectivity index (χ4n) is 2.51. The van der Waals surface area contributed by atoms with Gasteiger partial charge in [-0.15, -0.1) is 0 Å². The van der Waals surface area contributed by atoms with Crippen LogP contribution in [-0.4, -0.2) is 5.78 Å². The zero-order chi connectivity index (χ0) is 10.8. The summed E-state index contributed by atoms with van der Waals surface area (Å²) in [5.41, 5.74) is -0.139. The molecule has 0 aliphatic heterocycles. The molecule has 0 radical (unpaired) electrons. The van der Waals surface area contributed by atoms with Crippen molar-refractivity contribution in [1.29, 1.82) is 0 Å². The van der Waals surface area contributed by atoms with E-state index < -0.39 is 0 Å². The molecule has 0 N–H and O–H groups in total. The van der Waals surface area contributed by atoms with Crippen LogP contribution in [0.25, 0.3) is 0 Å². The zero-order valence-electron chi connectivity index (χ0n) is 10.1. The average Bonchev–Trinajstić information content (AvgIpc) is 2.15. The highest BCUT2D eigenvalue weighted by Gasteiger charge is 2.32. The Morgan fingerprint density at radius 3 is 2.43 bits per heavy atom. The number of rotatable bonds is 2. The van der Waals surface area contributed by atoms with Gasteiger partial charge in [0.2, 0.25) is 0 Å². The summed E-state index contributed by atoms with van der Waals surface area (Å²) in [5.74, 6) is 1.64. The molecule has 1 heteroatoms. The summed E-state index contributed by atoms with van der Waals surface area (Å²) in [6.45, 7) is 8.38. The van der Waals surface area contributed by atoms with Crippen molar-refractivity contribution in [3.05, 3.63) is 0 Å². The van der Waals surface area contributed by atoms with Gasteiger partial charge in [0.15, 0.2) is 0 Å². The van der Waals surface area contributed by atoms with Gasteiger partial charge >= 0.3 is 0 Å². The maximum atomic E-state index is 12.1. The molecule has 0 saturated heterocycles. The van der Waals surface area contributed by atoms with Crippen molar-refractivity contribution < 1.29 is 4.79 Å². The van der Waals surface area contributed by atoms with Crippen LogP contribution in [0.1, 0.15) is 59.8 Å². The van der Waals surface area contributed by atoms with Gasteiger partial charge in [-0.2, -0.15) is 0 Å². The Kier molecular flexibility index (Phi) is 3.74. The molecule has 1 fully saturated rings. The molecule has 1 aliphatic rings. The summed E-state index contributed by atoms with van der Waals surface area (Å²) in [4.78, 5) is 12.1. The van der Waals surface area contributed by atoms with Crippen LogP contribution in [0, 0.1) is 17.3 Å². The van der Waals surface area contributed by atoms with E-state index in [2.05, 4.69) is 6.92 Å². The quantitative estimate of drug-likeness (QED) is 0.656. The maximum absolute atomic E-state index is 12.1. The van der Waals surface area contributed by atoms with E-state index in [-0.39, 0.29) is 5.41 Å². The standard InChI is InChI=1S/C13H24O/c1-5-10-7-6-8-11(9-10)12(14)13(2,3)4/h10-11H,5-9H2,1-4H3. The van der Waals surface area contributed by atoms with Gasteiger partial charge in [0, 0.05) is 11.3 Å². The molecule has 0 aromatic carbocycles. The van der Waals surface area contributed by atoms with Gasteiger partial charge in [0.1, 0.15) is 5.78 Å². The monoisotopic (exact) mass is 196 g/mol. The Labute approximate surface area is 88.3 Å². The summed E-state index contributed by atoms with van der Waals surface area (Å²) >= 11 is 0. The molecule has 1 rings (SSSR count). The molecule has 14 heavy (non-hydrogen) atoms. The molecule has 0 amide bonds. The molecule has 0 bridgehead atoms. The van der Waals surface area contributed by atoms with Crippen molar-refractivity contribution in [3.8, 4) is 0 Å². The van der Waals surface area contributed by atoms with Gasteiger partial charge < -0.3 is 0 Å². The molecule has 1 nitrogen and oxygen atoms in total. The Hall–Kier alpha value is -0.330. The number of ketones is 1. The lowest BCUT2D eigenvalue weighted by Gasteiger charge is -2.31. The predicted octanol–water partition coefficient (Wildman–Crippen LogP) is 3.82. The van der Waals surface area contributed by atoms with Crippen molar-refractivity contribution in [2.24, 2.45) is 17.3 Å². The van der Waals surface area contributed by atoms with Crippen LogP contribution >= 0.6 is 0 Å². The molecule has 1 aliphatic carbocycles. The van der Waals surface area contributed by atoms with Crippen molar-refractivity contribution in [3.63, 3.8) is 0 Å². The second kappa shape index (κ2) is 4.46. The first-order chi connectivity index (χ1) is 6.45. The molecule has 0 aromatic rings. The van der Waals surface area contributed by atoms with E-state index in [0.29, 0.717) is 11.7 Å². The van der Waals surface area contributed by atoms with E-state index in [4.69, 9.17) is 0 Å². The third-order valence-electron chi connectivity index (χ3n) is 3.47. The Bertz CT molecular complexity index is 200. The van der Waals surface area contributed by atoms with Gasteiger partial charge in [0.05, 0.1) is 0 Å². The van der Waals surface area contributed by atoms with Crippen molar-refractivity contribution >= 4 is 5.78 Å². The highest BCUT2D eigenvalue weighted by atomic mass is 16.1. The fourth-order valence-corrected chi connectivity index (χ4v) is 2.51. The van der Waals surface area contributed by atoms with Crippen LogP contribution in [0.4, 0.5) is 0 Å². The van der Waals surface area contributed by atoms with Crippen molar-refractivity contribution in [1.82, 2.24) is 0 Å². The van der Waals surface area contributed by atoms with Crippen LogP contribution in [0.15, 0.2) is 0 Å². The molecular formula is C13H24O. The Morgan fingerprint density at radius 1 is 1.29 bits per heavy atom. The lowest BCUT2D eigenvalue weighted by molar-refractivity contribution is -0.131. The van der Waals surface area contributed by atoms with Crippen LogP contribution in [0.2, 0.25) is 0 Å². The lowest BCUT2D eigenvalue weighted by Crippen LogP contribution is -2.31. The molecular weight excluding hydrogens is 172 g/mol. The summed E-state index contributed by atoms with van der Waals surface area (Å²) in [6, 6.07) is 0. The number of carbonyl (C=O) groups excluding carboxylic acids is 1. The number of hydrogen-bond donors (Lipinski definition) is 0. The first-order valence-electron chi connectivity index (χ1n) is 5.99. The van der Waals surface area contributed by atoms with Gasteiger partial charge in [-0.1, -0.05) is 47.0 Å². The predicted molar refractivity (Wildman–Crippen MR) is 60.2 cm³/mol. The fraction of sp³-hybridized carbons (Fsp3) is 0.923. The van der Waals surface area contributed by atoms with Gasteiger partial charge in [0.25, 0.3) is 0 Å². The lowest BCUT2D eigenvalue weighted by atomic mass is 9.72. The topological polar surface area (TPSA) is 17.1 Å². The van der Waals surface area contributed by atoms with Gasteiger partial charge in [-0.05, 0) is 18.8 Å². The third-order valence-corrected chi connectivity index (χ3v) is 3.47. The summed E-state index contributed by atoms with van der Waals surface area (Å²) in [6.07, 6.45) is 6.11. The smallest absolute Gasteiger partial charge is 0.141 e. The van der Waals surface area contributed by atoms with Crippen LogP contribution in [-0.2, 0) is 4.79 Å². The maximum Gasteiger partial charge on any atom is 0.141 e.